The Hall–Kier alpha value is -2.18. The van der Waals surface area contributed by atoms with Gasteiger partial charge in [-0.05, 0) is 36.8 Å². The molecule has 0 spiro atoms. The summed E-state index contributed by atoms with van der Waals surface area (Å²) in [6, 6.07) is 9.88. The minimum atomic E-state index is 0.226. The third-order valence-corrected chi connectivity index (χ3v) is 5.17. The minimum absolute atomic E-state index is 0.226. The number of likely N-dealkylation sites (tertiary alicyclic amines) is 1. The first kappa shape index (κ1) is 15.4. The number of aromatic nitrogens is 2. The van der Waals surface area contributed by atoms with E-state index in [9.17, 15) is 0 Å². The molecule has 3 heterocycles. The number of ether oxygens (including phenoxy) is 2. The Morgan fingerprint density at radius 1 is 1.29 bits per heavy atom. The lowest BCUT2D eigenvalue weighted by Crippen LogP contribution is -2.24. The van der Waals surface area contributed by atoms with Gasteiger partial charge in [-0.1, -0.05) is 0 Å². The van der Waals surface area contributed by atoms with Gasteiger partial charge in [0.15, 0.2) is 0 Å². The maximum atomic E-state index is 5.99. The summed E-state index contributed by atoms with van der Waals surface area (Å²) < 4.78 is 12.5. The molecule has 1 aromatic carbocycles. The average molecular weight is 341 g/mol. The molecular weight excluding hydrogens is 322 g/mol. The Morgan fingerprint density at radius 2 is 2.25 bits per heavy atom. The van der Waals surface area contributed by atoms with E-state index in [1.807, 2.05) is 24.3 Å². The van der Waals surface area contributed by atoms with Gasteiger partial charge in [-0.25, -0.2) is 4.98 Å². The number of pyridine rings is 1. The molecular formula is C18H19N3O2S. The maximum Gasteiger partial charge on any atom is 0.138 e. The number of methoxy groups -OCH3 is 1. The molecule has 1 fully saturated rings. The fraction of sp³-hybridized carbons (Fsp3) is 0.333. The lowest BCUT2D eigenvalue weighted by molar-refractivity contribution is 0.197. The molecule has 0 bridgehead atoms. The van der Waals surface area contributed by atoms with E-state index >= 15 is 0 Å². The summed E-state index contributed by atoms with van der Waals surface area (Å²) >= 11 is 1.74. The first-order chi connectivity index (χ1) is 11.8. The van der Waals surface area contributed by atoms with Gasteiger partial charge in [0.25, 0.3) is 0 Å². The molecule has 1 unspecified atom stereocenters. The van der Waals surface area contributed by atoms with Crippen LogP contribution in [0.25, 0.3) is 10.2 Å². The van der Waals surface area contributed by atoms with E-state index in [0.29, 0.717) is 0 Å². The van der Waals surface area contributed by atoms with E-state index in [2.05, 4.69) is 16.0 Å². The van der Waals surface area contributed by atoms with Crippen LogP contribution in [-0.4, -0.2) is 41.2 Å². The van der Waals surface area contributed by atoms with Gasteiger partial charge in [-0.15, -0.1) is 11.3 Å². The minimum Gasteiger partial charge on any atom is -0.497 e. The first-order valence-electron chi connectivity index (χ1n) is 8.02. The Morgan fingerprint density at radius 3 is 3.08 bits per heavy atom. The van der Waals surface area contributed by atoms with Gasteiger partial charge in [-0.2, -0.15) is 0 Å². The molecule has 6 heteroatoms. The fourth-order valence-corrected chi connectivity index (χ4v) is 4.02. The van der Waals surface area contributed by atoms with Crippen LogP contribution in [0.15, 0.2) is 42.7 Å². The summed E-state index contributed by atoms with van der Waals surface area (Å²) in [5.74, 6) is 1.72. The highest BCUT2D eigenvalue weighted by molar-refractivity contribution is 7.18. The highest BCUT2D eigenvalue weighted by Gasteiger charge is 2.24. The summed E-state index contributed by atoms with van der Waals surface area (Å²) in [6.45, 7) is 2.83. The first-order valence-corrected chi connectivity index (χ1v) is 8.84. The van der Waals surface area contributed by atoms with E-state index in [1.54, 1.807) is 30.8 Å². The van der Waals surface area contributed by atoms with Crippen molar-refractivity contribution in [2.24, 2.45) is 0 Å². The molecule has 1 aliphatic rings. The lowest BCUT2D eigenvalue weighted by atomic mass is 10.3. The van der Waals surface area contributed by atoms with Gasteiger partial charge in [-0.3, -0.25) is 9.88 Å². The van der Waals surface area contributed by atoms with E-state index in [1.165, 1.54) is 4.70 Å². The summed E-state index contributed by atoms with van der Waals surface area (Å²) in [6.07, 6.45) is 4.79. The summed E-state index contributed by atoms with van der Waals surface area (Å²) in [5.41, 5.74) is 1.04. The van der Waals surface area contributed by atoms with Crippen molar-refractivity contribution in [1.82, 2.24) is 14.9 Å². The normalized spacial score (nSPS) is 18.1. The van der Waals surface area contributed by atoms with Crippen molar-refractivity contribution in [3.05, 3.63) is 47.7 Å². The molecule has 1 atom stereocenters. The number of hydrogen-bond acceptors (Lipinski definition) is 6. The Labute approximate surface area is 144 Å². The van der Waals surface area contributed by atoms with Crippen molar-refractivity contribution in [2.75, 3.05) is 20.2 Å². The zero-order valence-electron chi connectivity index (χ0n) is 13.5. The number of benzene rings is 1. The number of rotatable bonds is 5. The lowest BCUT2D eigenvalue weighted by Gasteiger charge is -2.15. The van der Waals surface area contributed by atoms with Crippen LogP contribution in [0.1, 0.15) is 11.4 Å². The molecule has 124 valence electrons. The molecule has 0 radical (unpaired) electrons. The molecule has 5 nitrogen and oxygen atoms in total. The van der Waals surface area contributed by atoms with Crippen LogP contribution in [0.2, 0.25) is 0 Å². The van der Waals surface area contributed by atoms with Crippen molar-refractivity contribution in [3.63, 3.8) is 0 Å². The zero-order valence-corrected chi connectivity index (χ0v) is 14.3. The second kappa shape index (κ2) is 6.75. The molecule has 0 N–H and O–H groups in total. The van der Waals surface area contributed by atoms with Crippen LogP contribution in [-0.2, 0) is 6.54 Å². The highest BCUT2D eigenvalue weighted by Crippen LogP contribution is 2.28. The van der Waals surface area contributed by atoms with Crippen LogP contribution >= 0.6 is 11.3 Å². The topological polar surface area (TPSA) is 47.5 Å². The SMILES string of the molecule is COc1ccc2nc(CN3CCC(Oc4cccnc4)C3)sc2c1. The quantitative estimate of drug-likeness (QED) is 0.712. The number of hydrogen-bond donors (Lipinski definition) is 0. The van der Waals surface area contributed by atoms with Gasteiger partial charge in [0.05, 0.1) is 30.1 Å². The monoisotopic (exact) mass is 341 g/mol. The number of fused-ring (bicyclic) bond motifs is 1. The second-order valence-corrected chi connectivity index (χ2v) is 7.01. The molecule has 0 aliphatic carbocycles. The van der Waals surface area contributed by atoms with E-state index < -0.39 is 0 Å². The molecule has 0 saturated carbocycles. The van der Waals surface area contributed by atoms with Crippen LogP contribution < -0.4 is 9.47 Å². The van der Waals surface area contributed by atoms with Crippen LogP contribution in [0.4, 0.5) is 0 Å². The van der Waals surface area contributed by atoms with Crippen LogP contribution in [0.5, 0.6) is 11.5 Å². The molecule has 3 aromatic rings. The van der Waals surface area contributed by atoms with Crippen LogP contribution in [0, 0.1) is 0 Å². The van der Waals surface area contributed by atoms with Gasteiger partial charge >= 0.3 is 0 Å². The van der Waals surface area contributed by atoms with E-state index in [-0.39, 0.29) is 6.10 Å². The van der Waals surface area contributed by atoms with Crippen molar-refractivity contribution in [1.29, 1.82) is 0 Å². The smallest absolute Gasteiger partial charge is 0.138 e. The van der Waals surface area contributed by atoms with Crippen molar-refractivity contribution >= 4 is 21.6 Å². The third-order valence-electron chi connectivity index (χ3n) is 4.17. The Bertz CT molecular complexity index is 822. The van der Waals surface area contributed by atoms with Crippen LogP contribution in [0.3, 0.4) is 0 Å². The van der Waals surface area contributed by atoms with E-state index in [4.69, 9.17) is 14.5 Å². The summed E-state index contributed by atoms with van der Waals surface area (Å²) in [4.78, 5) is 11.2. The van der Waals surface area contributed by atoms with Crippen molar-refractivity contribution in [3.8, 4) is 11.5 Å². The maximum absolute atomic E-state index is 5.99. The molecule has 24 heavy (non-hydrogen) atoms. The molecule has 4 rings (SSSR count). The molecule has 2 aromatic heterocycles. The summed E-state index contributed by atoms with van der Waals surface area (Å²) in [7, 11) is 1.69. The predicted octanol–water partition coefficient (Wildman–Crippen LogP) is 3.35. The van der Waals surface area contributed by atoms with Crippen molar-refractivity contribution in [2.45, 2.75) is 19.1 Å². The fourth-order valence-electron chi connectivity index (χ4n) is 2.98. The van der Waals surface area contributed by atoms with Crippen molar-refractivity contribution < 1.29 is 9.47 Å². The number of nitrogens with zero attached hydrogens (tertiary/aromatic N) is 3. The van der Waals surface area contributed by atoms with Gasteiger partial charge in [0.2, 0.25) is 0 Å². The zero-order chi connectivity index (χ0) is 16.4. The highest BCUT2D eigenvalue weighted by atomic mass is 32.1. The summed E-state index contributed by atoms with van der Waals surface area (Å²) in [5, 5.41) is 1.14. The molecule has 1 aliphatic heterocycles. The van der Waals surface area contributed by atoms with Gasteiger partial charge in [0.1, 0.15) is 22.6 Å². The number of thiazole rings is 1. The predicted molar refractivity (Wildman–Crippen MR) is 94.7 cm³/mol. The Kier molecular flexibility index (Phi) is 4.32. The van der Waals surface area contributed by atoms with Gasteiger partial charge < -0.3 is 9.47 Å². The average Bonchev–Trinajstić information content (AvgIpc) is 3.21. The second-order valence-electron chi connectivity index (χ2n) is 5.89. The third kappa shape index (κ3) is 3.34. The molecule has 1 saturated heterocycles. The molecule has 0 amide bonds. The standard InChI is InChI=1S/C18H19N3O2S/c1-22-13-4-5-16-17(9-13)24-18(20-16)12-21-8-6-15(11-21)23-14-3-2-7-19-10-14/h2-5,7,9-10,15H,6,8,11-12H2,1H3. The Balaban J connectivity index is 1.39. The van der Waals surface area contributed by atoms with Gasteiger partial charge in [0, 0.05) is 19.3 Å². The van der Waals surface area contributed by atoms with E-state index in [0.717, 1.165) is 48.1 Å². The largest absolute Gasteiger partial charge is 0.497 e.